The van der Waals surface area contributed by atoms with E-state index in [2.05, 4.69) is 14.9 Å². The molecule has 0 radical (unpaired) electrons. The highest BCUT2D eigenvalue weighted by molar-refractivity contribution is 5.80. The zero-order chi connectivity index (χ0) is 23.8. The Bertz CT molecular complexity index is 1070. The molecule has 2 aromatic carbocycles. The van der Waals surface area contributed by atoms with E-state index in [0.717, 1.165) is 0 Å². The SMILES string of the molecule is CN(Cc1ccc(OC(F)F)cc1)C(=O)COC(=O)CCc1nc(-c2ccc(F)cc2)no1. The molecule has 3 rings (SSSR count). The molecule has 0 aliphatic carbocycles. The van der Waals surface area contributed by atoms with Gasteiger partial charge in [-0.15, -0.1) is 0 Å². The molecule has 0 atom stereocenters. The zero-order valence-corrected chi connectivity index (χ0v) is 17.5. The Hall–Kier alpha value is -3.89. The van der Waals surface area contributed by atoms with Crippen LogP contribution < -0.4 is 4.74 Å². The Labute approximate surface area is 186 Å². The molecule has 11 heteroatoms. The first-order valence-corrected chi connectivity index (χ1v) is 9.82. The van der Waals surface area contributed by atoms with Gasteiger partial charge in [-0.3, -0.25) is 9.59 Å². The predicted octanol–water partition coefficient (Wildman–Crippen LogP) is 3.61. The largest absolute Gasteiger partial charge is 0.456 e. The van der Waals surface area contributed by atoms with Gasteiger partial charge in [0.2, 0.25) is 11.7 Å². The lowest BCUT2D eigenvalue weighted by molar-refractivity contribution is -0.151. The number of likely N-dealkylation sites (N-methyl/N-ethyl adjacent to an activating group) is 1. The van der Waals surface area contributed by atoms with Gasteiger partial charge in [-0.2, -0.15) is 13.8 Å². The van der Waals surface area contributed by atoms with Crippen LogP contribution in [0.1, 0.15) is 17.9 Å². The first-order chi connectivity index (χ1) is 15.8. The summed E-state index contributed by atoms with van der Waals surface area (Å²) in [4.78, 5) is 29.6. The van der Waals surface area contributed by atoms with Crippen molar-refractivity contribution in [2.24, 2.45) is 0 Å². The number of aromatic nitrogens is 2. The number of benzene rings is 2. The third-order valence-electron chi connectivity index (χ3n) is 4.46. The summed E-state index contributed by atoms with van der Waals surface area (Å²) in [6.45, 7) is -3.17. The molecule has 0 saturated heterocycles. The second kappa shape index (κ2) is 11.1. The number of hydrogen-bond donors (Lipinski definition) is 0. The van der Waals surface area contributed by atoms with Crippen molar-refractivity contribution in [1.29, 1.82) is 0 Å². The molecule has 8 nitrogen and oxygen atoms in total. The molecule has 3 aromatic rings. The van der Waals surface area contributed by atoms with E-state index >= 15 is 0 Å². The molecule has 0 aliphatic rings. The van der Waals surface area contributed by atoms with Gasteiger partial charge in [-0.25, -0.2) is 4.39 Å². The fourth-order valence-corrected chi connectivity index (χ4v) is 2.74. The van der Waals surface area contributed by atoms with Crippen LogP contribution in [0.3, 0.4) is 0 Å². The summed E-state index contributed by atoms with van der Waals surface area (Å²) < 4.78 is 51.7. The van der Waals surface area contributed by atoms with E-state index in [0.29, 0.717) is 11.1 Å². The molecule has 0 aliphatic heterocycles. The number of halogens is 3. The fourth-order valence-electron chi connectivity index (χ4n) is 2.74. The van der Waals surface area contributed by atoms with E-state index in [1.54, 1.807) is 12.1 Å². The molecule has 0 bridgehead atoms. The normalized spacial score (nSPS) is 10.8. The van der Waals surface area contributed by atoms with E-state index in [9.17, 15) is 22.8 Å². The second-order valence-corrected chi connectivity index (χ2v) is 6.95. The maximum atomic E-state index is 13.0. The van der Waals surface area contributed by atoms with Crippen LogP contribution in [-0.4, -0.2) is 47.2 Å². The number of nitrogens with zero attached hydrogens (tertiary/aromatic N) is 3. The Morgan fingerprint density at radius 3 is 2.45 bits per heavy atom. The Kier molecular flexibility index (Phi) is 8.01. The summed E-state index contributed by atoms with van der Waals surface area (Å²) in [5.41, 5.74) is 1.26. The van der Waals surface area contributed by atoms with Crippen molar-refractivity contribution in [1.82, 2.24) is 15.0 Å². The Balaban J connectivity index is 1.40. The van der Waals surface area contributed by atoms with Gasteiger partial charge < -0.3 is 18.9 Å². The molecule has 1 amide bonds. The molecular weight excluding hydrogens is 443 g/mol. The molecule has 1 aromatic heterocycles. The summed E-state index contributed by atoms with van der Waals surface area (Å²) in [6, 6.07) is 11.4. The molecule has 0 fully saturated rings. The minimum absolute atomic E-state index is 0.0164. The monoisotopic (exact) mass is 463 g/mol. The summed E-state index contributed by atoms with van der Waals surface area (Å²) in [5.74, 6) is -0.956. The van der Waals surface area contributed by atoms with Crippen molar-refractivity contribution < 1.29 is 36.8 Å². The first kappa shape index (κ1) is 23.8. The number of hydrogen-bond acceptors (Lipinski definition) is 7. The number of amides is 1. The number of aryl methyl sites for hydroxylation is 1. The second-order valence-electron chi connectivity index (χ2n) is 6.95. The van der Waals surface area contributed by atoms with Gasteiger partial charge in [0.1, 0.15) is 11.6 Å². The summed E-state index contributed by atoms with van der Waals surface area (Å²) in [7, 11) is 1.52. The van der Waals surface area contributed by atoms with Crippen LogP contribution in [0.2, 0.25) is 0 Å². The smallest absolute Gasteiger partial charge is 0.387 e. The van der Waals surface area contributed by atoms with Gasteiger partial charge >= 0.3 is 12.6 Å². The lowest BCUT2D eigenvalue weighted by atomic mass is 10.2. The van der Waals surface area contributed by atoms with Gasteiger partial charge in [0.25, 0.3) is 5.91 Å². The summed E-state index contributed by atoms with van der Waals surface area (Å²) in [5, 5.41) is 3.78. The Morgan fingerprint density at radius 2 is 1.79 bits per heavy atom. The van der Waals surface area contributed by atoms with Crippen LogP contribution >= 0.6 is 0 Å². The predicted molar refractivity (Wildman–Crippen MR) is 109 cm³/mol. The number of esters is 1. The highest BCUT2D eigenvalue weighted by Crippen LogP contribution is 2.17. The van der Waals surface area contributed by atoms with Crippen molar-refractivity contribution in [3.05, 3.63) is 65.8 Å². The van der Waals surface area contributed by atoms with Gasteiger partial charge in [0, 0.05) is 25.6 Å². The van der Waals surface area contributed by atoms with Crippen molar-refractivity contribution in [3.63, 3.8) is 0 Å². The van der Waals surface area contributed by atoms with Crippen LogP contribution in [0.5, 0.6) is 5.75 Å². The van der Waals surface area contributed by atoms with Crippen LogP contribution in [0.25, 0.3) is 11.4 Å². The highest BCUT2D eigenvalue weighted by atomic mass is 19.3. The van der Waals surface area contributed by atoms with Gasteiger partial charge in [-0.1, -0.05) is 17.3 Å². The van der Waals surface area contributed by atoms with Crippen molar-refractivity contribution >= 4 is 11.9 Å². The number of carbonyl (C=O) groups is 2. The minimum Gasteiger partial charge on any atom is -0.456 e. The molecule has 0 unspecified atom stereocenters. The average Bonchev–Trinajstić information content (AvgIpc) is 3.26. The van der Waals surface area contributed by atoms with Crippen molar-refractivity contribution in [2.75, 3.05) is 13.7 Å². The minimum atomic E-state index is -2.91. The topological polar surface area (TPSA) is 94.8 Å². The summed E-state index contributed by atoms with van der Waals surface area (Å²) >= 11 is 0. The quantitative estimate of drug-likeness (QED) is 0.424. The lowest BCUT2D eigenvalue weighted by Gasteiger charge is -2.17. The lowest BCUT2D eigenvalue weighted by Crippen LogP contribution is -2.30. The van der Waals surface area contributed by atoms with E-state index in [1.807, 2.05) is 0 Å². The number of rotatable bonds is 10. The fraction of sp³-hybridized carbons (Fsp3) is 0.273. The molecule has 0 spiro atoms. The van der Waals surface area contributed by atoms with Crippen LogP contribution in [0.4, 0.5) is 13.2 Å². The number of alkyl halides is 2. The van der Waals surface area contributed by atoms with E-state index in [1.165, 1.54) is 48.3 Å². The van der Waals surface area contributed by atoms with Gasteiger partial charge in [-0.05, 0) is 42.0 Å². The molecular formula is C22H20F3N3O5. The maximum Gasteiger partial charge on any atom is 0.387 e. The molecule has 0 saturated carbocycles. The van der Waals surface area contributed by atoms with Crippen LogP contribution in [0.15, 0.2) is 53.1 Å². The van der Waals surface area contributed by atoms with Crippen LogP contribution in [-0.2, 0) is 27.3 Å². The highest BCUT2D eigenvalue weighted by Gasteiger charge is 2.15. The van der Waals surface area contributed by atoms with E-state index in [-0.39, 0.29) is 42.7 Å². The van der Waals surface area contributed by atoms with Crippen molar-refractivity contribution in [2.45, 2.75) is 26.0 Å². The maximum absolute atomic E-state index is 13.0. The van der Waals surface area contributed by atoms with Crippen LogP contribution in [0, 0.1) is 5.82 Å². The zero-order valence-electron chi connectivity index (χ0n) is 17.5. The third kappa shape index (κ3) is 7.34. The average molecular weight is 463 g/mol. The van der Waals surface area contributed by atoms with Crippen molar-refractivity contribution in [3.8, 4) is 17.1 Å². The van der Waals surface area contributed by atoms with E-state index < -0.39 is 25.1 Å². The van der Waals surface area contributed by atoms with Gasteiger partial charge in [0.15, 0.2) is 6.61 Å². The van der Waals surface area contributed by atoms with E-state index in [4.69, 9.17) is 9.26 Å². The first-order valence-electron chi connectivity index (χ1n) is 9.82. The summed E-state index contributed by atoms with van der Waals surface area (Å²) in [6.07, 6.45) is 0.0394. The third-order valence-corrected chi connectivity index (χ3v) is 4.46. The standard InChI is InChI=1S/C22H20F3N3O5/c1-28(12-14-2-8-17(9-3-14)32-22(24)25)19(29)13-31-20(30)11-10-18-26-21(27-33-18)15-4-6-16(23)7-5-15/h2-9,22H,10-13H2,1H3. The van der Waals surface area contributed by atoms with Gasteiger partial charge in [0.05, 0.1) is 6.42 Å². The molecule has 174 valence electrons. The number of carbonyl (C=O) groups excluding carboxylic acids is 2. The number of ether oxygens (including phenoxy) is 2. The molecule has 1 heterocycles. The molecule has 0 N–H and O–H groups in total. The Morgan fingerprint density at radius 1 is 1.09 bits per heavy atom. The molecule has 33 heavy (non-hydrogen) atoms.